The molecule has 1 aromatic rings. The largest absolute Gasteiger partial charge is 0.494 e. The third-order valence-electron chi connectivity index (χ3n) is 4.61. The van der Waals surface area contributed by atoms with Gasteiger partial charge in [-0.1, -0.05) is 6.07 Å². The molecule has 2 rings (SSSR count). The molecule has 1 saturated heterocycles. The summed E-state index contributed by atoms with van der Waals surface area (Å²) in [5.41, 5.74) is 0.834. The Morgan fingerprint density at radius 2 is 2.13 bits per heavy atom. The summed E-state index contributed by atoms with van der Waals surface area (Å²) in [5, 5.41) is 3.18. The minimum Gasteiger partial charge on any atom is -0.494 e. The Kier molecular flexibility index (Phi) is 6.84. The van der Waals surface area contributed by atoms with Crippen LogP contribution in [-0.4, -0.2) is 44.6 Å². The fraction of sp³-hybridized carbons (Fsp3) is 0.611. The number of nitrogens with zero attached hydrogens (tertiary/aromatic N) is 1. The van der Waals surface area contributed by atoms with E-state index in [1.54, 1.807) is 6.07 Å². The van der Waals surface area contributed by atoms with Gasteiger partial charge in [-0.2, -0.15) is 0 Å². The number of methoxy groups -OCH3 is 1. The number of benzene rings is 1. The molecule has 128 valence electrons. The van der Waals surface area contributed by atoms with Crippen molar-refractivity contribution in [1.29, 1.82) is 0 Å². The highest BCUT2D eigenvalue weighted by atomic mass is 19.1. The summed E-state index contributed by atoms with van der Waals surface area (Å²) >= 11 is 0. The first-order valence-corrected chi connectivity index (χ1v) is 8.38. The van der Waals surface area contributed by atoms with Crippen molar-refractivity contribution in [1.82, 2.24) is 10.2 Å². The number of likely N-dealkylation sites (tertiary alicyclic amines) is 1. The monoisotopic (exact) mass is 322 g/mol. The third-order valence-corrected chi connectivity index (χ3v) is 4.61. The van der Waals surface area contributed by atoms with Crippen molar-refractivity contribution in [2.75, 3.05) is 33.8 Å². The fourth-order valence-corrected chi connectivity index (χ4v) is 3.09. The molecule has 1 amide bonds. The van der Waals surface area contributed by atoms with Crippen molar-refractivity contribution in [2.45, 2.75) is 32.1 Å². The normalized spacial score (nSPS) is 15.7. The predicted molar refractivity (Wildman–Crippen MR) is 89.1 cm³/mol. The maximum absolute atomic E-state index is 13.6. The SMILES string of the molecule is CNCCC1CCN(C(=O)CCc2ccc(OC)c(F)c2)CC1. The van der Waals surface area contributed by atoms with Crippen molar-refractivity contribution < 1.29 is 13.9 Å². The van der Waals surface area contributed by atoms with Gasteiger partial charge in [-0.15, -0.1) is 0 Å². The Bertz CT molecular complexity index is 514. The maximum atomic E-state index is 13.6. The second kappa shape index (κ2) is 8.87. The number of amides is 1. The molecule has 1 aromatic carbocycles. The van der Waals surface area contributed by atoms with E-state index in [4.69, 9.17) is 4.74 Å². The van der Waals surface area contributed by atoms with E-state index in [0.29, 0.717) is 12.8 Å². The lowest BCUT2D eigenvalue weighted by Gasteiger charge is -2.32. The van der Waals surface area contributed by atoms with E-state index < -0.39 is 0 Å². The summed E-state index contributed by atoms with van der Waals surface area (Å²) in [7, 11) is 3.42. The molecule has 1 aliphatic heterocycles. The average Bonchev–Trinajstić information content (AvgIpc) is 2.58. The molecule has 0 aromatic heterocycles. The second-order valence-electron chi connectivity index (χ2n) is 6.19. The Balaban J connectivity index is 1.76. The number of piperidine rings is 1. The van der Waals surface area contributed by atoms with Gasteiger partial charge in [0, 0.05) is 19.5 Å². The quantitative estimate of drug-likeness (QED) is 0.839. The number of rotatable bonds is 7. The smallest absolute Gasteiger partial charge is 0.222 e. The highest BCUT2D eigenvalue weighted by Gasteiger charge is 2.22. The van der Waals surface area contributed by atoms with E-state index in [9.17, 15) is 9.18 Å². The standard InChI is InChI=1S/C18H27FN2O2/c1-20-10-7-14-8-11-21(12-9-14)18(22)6-4-15-3-5-17(23-2)16(19)13-15/h3,5,13-14,20H,4,6-12H2,1-2H3. The van der Waals surface area contributed by atoms with E-state index in [2.05, 4.69) is 5.32 Å². The van der Waals surface area contributed by atoms with Crippen molar-refractivity contribution in [3.63, 3.8) is 0 Å². The minimum absolute atomic E-state index is 0.174. The first-order chi connectivity index (χ1) is 11.1. The van der Waals surface area contributed by atoms with E-state index in [1.165, 1.54) is 19.6 Å². The molecule has 0 unspecified atom stereocenters. The lowest BCUT2D eigenvalue weighted by Crippen LogP contribution is -2.39. The van der Waals surface area contributed by atoms with Crippen LogP contribution in [0.25, 0.3) is 0 Å². The lowest BCUT2D eigenvalue weighted by atomic mass is 9.93. The summed E-state index contributed by atoms with van der Waals surface area (Å²) in [6.45, 7) is 2.75. The molecule has 0 bridgehead atoms. The van der Waals surface area contributed by atoms with Gasteiger partial charge < -0.3 is 15.0 Å². The molecule has 1 aliphatic rings. The average molecular weight is 322 g/mol. The summed E-state index contributed by atoms with van der Waals surface area (Å²) in [6.07, 6.45) is 4.37. The Hall–Kier alpha value is -1.62. The fourth-order valence-electron chi connectivity index (χ4n) is 3.09. The Labute approximate surface area is 138 Å². The van der Waals surface area contributed by atoms with Crippen LogP contribution >= 0.6 is 0 Å². The number of nitrogens with one attached hydrogen (secondary N) is 1. The van der Waals surface area contributed by atoms with Gasteiger partial charge in [0.1, 0.15) is 0 Å². The van der Waals surface area contributed by atoms with Gasteiger partial charge in [-0.3, -0.25) is 4.79 Å². The highest BCUT2D eigenvalue weighted by molar-refractivity contribution is 5.76. The van der Waals surface area contributed by atoms with Crippen molar-refractivity contribution in [2.24, 2.45) is 5.92 Å². The molecule has 1 heterocycles. The number of hydrogen-bond acceptors (Lipinski definition) is 3. The van der Waals surface area contributed by atoms with Gasteiger partial charge in [0.2, 0.25) is 5.91 Å². The van der Waals surface area contributed by atoms with E-state index in [0.717, 1.165) is 44.0 Å². The topological polar surface area (TPSA) is 41.6 Å². The first-order valence-electron chi connectivity index (χ1n) is 8.38. The molecule has 0 atom stereocenters. The molecule has 1 fully saturated rings. The molecule has 0 spiro atoms. The first kappa shape index (κ1) is 17.7. The molecule has 4 nitrogen and oxygen atoms in total. The molecule has 0 aliphatic carbocycles. The van der Waals surface area contributed by atoms with Gasteiger partial charge in [-0.25, -0.2) is 4.39 Å². The molecule has 5 heteroatoms. The van der Waals surface area contributed by atoms with Crippen molar-refractivity contribution in [3.05, 3.63) is 29.6 Å². The van der Waals surface area contributed by atoms with Gasteiger partial charge in [-0.05, 0) is 62.9 Å². The van der Waals surface area contributed by atoms with E-state index in [-0.39, 0.29) is 17.5 Å². The minimum atomic E-state index is -0.372. The summed E-state index contributed by atoms with van der Waals surface area (Å²) in [4.78, 5) is 14.2. The number of carbonyl (C=O) groups excluding carboxylic acids is 1. The van der Waals surface area contributed by atoms with Crippen molar-refractivity contribution >= 4 is 5.91 Å². The Morgan fingerprint density at radius 3 is 2.74 bits per heavy atom. The van der Waals surface area contributed by atoms with Gasteiger partial charge in [0.15, 0.2) is 11.6 Å². The number of carbonyl (C=O) groups is 1. The van der Waals surface area contributed by atoms with Crippen LogP contribution in [0.2, 0.25) is 0 Å². The van der Waals surface area contributed by atoms with Crippen LogP contribution in [0.3, 0.4) is 0 Å². The molecule has 0 saturated carbocycles. The van der Waals surface area contributed by atoms with Crippen LogP contribution in [0.4, 0.5) is 4.39 Å². The third kappa shape index (κ3) is 5.20. The zero-order valence-electron chi connectivity index (χ0n) is 14.1. The van der Waals surface area contributed by atoms with E-state index in [1.807, 2.05) is 18.0 Å². The second-order valence-corrected chi connectivity index (χ2v) is 6.19. The summed E-state index contributed by atoms with van der Waals surface area (Å²) in [6, 6.07) is 4.89. The summed E-state index contributed by atoms with van der Waals surface area (Å²) < 4.78 is 18.6. The molecule has 1 N–H and O–H groups in total. The van der Waals surface area contributed by atoms with Crippen LogP contribution in [-0.2, 0) is 11.2 Å². The molecule has 0 radical (unpaired) electrons. The predicted octanol–water partition coefficient (Wildman–Crippen LogP) is 2.62. The van der Waals surface area contributed by atoms with Crippen LogP contribution < -0.4 is 10.1 Å². The number of hydrogen-bond donors (Lipinski definition) is 1. The van der Waals surface area contributed by atoms with Crippen LogP contribution in [0.5, 0.6) is 5.75 Å². The van der Waals surface area contributed by atoms with Crippen LogP contribution in [0.15, 0.2) is 18.2 Å². The van der Waals surface area contributed by atoms with Crippen molar-refractivity contribution in [3.8, 4) is 5.75 Å². The summed E-state index contributed by atoms with van der Waals surface area (Å²) in [5.74, 6) is 0.766. The number of ether oxygens (including phenoxy) is 1. The highest BCUT2D eigenvalue weighted by Crippen LogP contribution is 2.22. The van der Waals surface area contributed by atoms with E-state index >= 15 is 0 Å². The molecule has 23 heavy (non-hydrogen) atoms. The van der Waals surface area contributed by atoms with Gasteiger partial charge >= 0.3 is 0 Å². The number of aryl methyl sites for hydroxylation is 1. The lowest BCUT2D eigenvalue weighted by molar-refractivity contribution is -0.132. The zero-order chi connectivity index (χ0) is 16.7. The van der Waals surface area contributed by atoms with Gasteiger partial charge in [0.05, 0.1) is 7.11 Å². The zero-order valence-corrected chi connectivity index (χ0v) is 14.1. The molecular weight excluding hydrogens is 295 g/mol. The van der Waals surface area contributed by atoms with Crippen LogP contribution in [0.1, 0.15) is 31.2 Å². The molecular formula is C18H27FN2O2. The van der Waals surface area contributed by atoms with Gasteiger partial charge in [0.25, 0.3) is 0 Å². The van der Waals surface area contributed by atoms with Crippen LogP contribution in [0, 0.1) is 11.7 Å². The Morgan fingerprint density at radius 1 is 1.39 bits per heavy atom. The maximum Gasteiger partial charge on any atom is 0.222 e. The number of halogens is 1.